The van der Waals surface area contributed by atoms with Crippen molar-refractivity contribution in [2.24, 2.45) is 0 Å². The normalized spacial score (nSPS) is 13.5. The molecule has 3 aromatic carbocycles. The molecule has 0 aliphatic carbocycles. The number of anilines is 1. The van der Waals surface area contributed by atoms with Gasteiger partial charge in [-0.3, -0.25) is 4.79 Å². The summed E-state index contributed by atoms with van der Waals surface area (Å²) in [6.07, 6.45) is 0. The Labute approximate surface area is 236 Å². The largest absolute Gasteiger partial charge is 0.335 e. The van der Waals surface area contributed by atoms with Gasteiger partial charge in [0.25, 0.3) is 5.91 Å². The molecule has 200 valence electrons. The Bertz CT molecular complexity index is 1530. The molecule has 1 saturated heterocycles. The number of halogens is 3. The molecule has 0 radical (unpaired) electrons. The summed E-state index contributed by atoms with van der Waals surface area (Å²) in [6.45, 7) is 5.45. The summed E-state index contributed by atoms with van der Waals surface area (Å²) in [6, 6.07) is 20.9. The van der Waals surface area contributed by atoms with Crippen LogP contribution in [0.15, 0.2) is 72.8 Å². The molecular formula is C30H27Cl2FN4O2. The van der Waals surface area contributed by atoms with E-state index in [4.69, 9.17) is 23.2 Å². The number of benzene rings is 3. The predicted molar refractivity (Wildman–Crippen MR) is 154 cm³/mol. The minimum absolute atomic E-state index is 0.111. The number of carbonyl (C=O) groups excluding carboxylic acids is 2. The van der Waals surface area contributed by atoms with E-state index >= 15 is 0 Å². The van der Waals surface area contributed by atoms with Crippen LogP contribution in [0.25, 0.3) is 16.9 Å². The zero-order valence-electron chi connectivity index (χ0n) is 21.5. The van der Waals surface area contributed by atoms with Crippen molar-refractivity contribution in [2.75, 3.05) is 31.5 Å². The molecule has 6 nitrogen and oxygen atoms in total. The lowest BCUT2D eigenvalue weighted by Gasteiger charge is -2.34. The van der Waals surface area contributed by atoms with E-state index in [0.717, 1.165) is 28.2 Å². The van der Waals surface area contributed by atoms with Crippen LogP contribution in [0.1, 0.15) is 21.6 Å². The highest BCUT2D eigenvalue weighted by molar-refractivity contribution is 6.43. The van der Waals surface area contributed by atoms with Crippen molar-refractivity contribution < 1.29 is 14.0 Å². The molecule has 4 aromatic rings. The first-order chi connectivity index (χ1) is 18.7. The Morgan fingerprint density at radius 3 is 2.15 bits per heavy atom. The number of aryl methyl sites for hydroxylation is 1. The maximum Gasteiger partial charge on any atom is 0.322 e. The topological polar surface area (TPSA) is 57.6 Å². The Morgan fingerprint density at radius 2 is 1.49 bits per heavy atom. The van der Waals surface area contributed by atoms with Gasteiger partial charge in [0.15, 0.2) is 0 Å². The Balaban J connectivity index is 1.36. The second-order valence-electron chi connectivity index (χ2n) is 9.52. The van der Waals surface area contributed by atoms with Crippen LogP contribution in [-0.2, 0) is 0 Å². The lowest BCUT2D eigenvalue weighted by molar-refractivity contribution is 0.0671. The monoisotopic (exact) mass is 564 g/mol. The number of aromatic nitrogens is 1. The van der Waals surface area contributed by atoms with Crippen LogP contribution in [0.3, 0.4) is 0 Å². The van der Waals surface area contributed by atoms with E-state index in [9.17, 15) is 14.0 Å². The number of nitrogens with one attached hydrogen (secondary N) is 1. The number of hydrogen-bond donors (Lipinski definition) is 1. The molecule has 0 unspecified atom stereocenters. The van der Waals surface area contributed by atoms with E-state index in [-0.39, 0.29) is 22.8 Å². The zero-order valence-corrected chi connectivity index (χ0v) is 23.1. The van der Waals surface area contributed by atoms with E-state index in [2.05, 4.69) is 5.32 Å². The van der Waals surface area contributed by atoms with Crippen LogP contribution in [0.2, 0.25) is 10.0 Å². The molecule has 0 spiro atoms. The SMILES string of the molecule is Cc1ccc(-n2c(-c3ccc(F)cc3)cc(C(=O)N3CCN(C(=O)Nc4cccc(Cl)c4Cl)CC3)c2C)cc1. The van der Waals surface area contributed by atoms with Crippen LogP contribution < -0.4 is 5.32 Å². The van der Waals surface area contributed by atoms with Gasteiger partial charge < -0.3 is 19.7 Å². The summed E-state index contributed by atoms with van der Waals surface area (Å²) in [5.74, 6) is -0.431. The van der Waals surface area contributed by atoms with Crippen molar-refractivity contribution in [2.45, 2.75) is 13.8 Å². The molecule has 1 aliphatic heterocycles. The Morgan fingerprint density at radius 1 is 0.846 bits per heavy atom. The molecular weight excluding hydrogens is 538 g/mol. The highest BCUT2D eigenvalue weighted by Gasteiger charge is 2.28. The maximum absolute atomic E-state index is 13.7. The smallest absolute Gasteiger partial charge is 0.322 e. The third-order valence-corrected chi connectivity index (χ3v) is 7.78. The summed E-state index contributed by atoms with van der Waals surface area (Å²) in [7, 11) is 0. The van der Waals surface area contributed by atoms with Crippen molar-refractivity contribution in [3.8, 4) is 16.9 Å². The predicted octanol–water partition coefficient (Wildman–Crippen LogP) is 7.20. The van der Waals surface area contributed by atoms with Gasteiger partial charge in [-0.1, -0.05) is 47.0 Å². The van der Waals surface area contributed by atoms with Gasteiger partial charge in [-0.2, -0.15) is 0 Å². The summed E-state index contributed by atoms with van der Waals surface area (Å²) < 4.78 is 15.7. The summed E-state index contributed by atoms with van der Waals surface area (Å²) in [5, 5.41) is 3.44. The van der Waals surface area contributed by atoms with Crippen LogP contribution in [0.4, 0.5) is 14.9 Å². The third-order valence-electron chi connectivity index (χ3n) is 6.96. The van der Waals surface area contributed by atoms with Crippen molar-refractivity contribution in [1.29, 1.82) is 0 Å². The lowest BCUT2D eigenvalue weighted by atomic mass is 10.1. The van der Waals surface area contributed by atoms with Gasteiger partial charge >= 0.3 is 6.03 Å². The molecule has 2 heterocycles. The van der Waals surface area contributed by atoms with Gasteiger partial charge in [0.2, 0.25) is 0 Å². The minimum atomic E-state index is -0.320. The molecule has 3 amide bonds. The van der Waals surface area contributed by atoms with Crippen molar-refractivity contribution in [3.05, 3.63) is 105 Å². The maximum atomic E-state index is 13.7. The Kier molecular flexibility index (Phi) is 7.64. The lowest BCUT2D eigenvalue weighted by Crippen LogP contribution is -2.51. The van der Waals surface area contributed by atoms with Gasteiger partial charge in [0, 0.05) is 37.6 Å². The fourth-order valence-corrected chi connectivity index (χ4v) is 5.11. The van der Waals surface area contributed by atoms with Crippen molar-refractivity contribution in [1.82, 2.24) is 14.4 Å². The molecule has 1 fully saturated rings. The van der Waals surface area contributed by atoms with Crippen LogP contribution in [0.5, 0.6) is 0 Å². The van der Waals surface area contributed by atoms with E-state index in [1.165, 1.54) is 12.1 Å². The average Bonchev–Trinajstić information content (AvgIpc) is 3.28. The average molecular weight is 565 g/mol. The summed E-state index contributed by atoms with van der Waals surface area (Å²) >= 11 is 12.3. The summed E-state index contributed by atoms with van der Waals surface area (Å²) in [5.41, 5.74) is 5.45. The van der Waals surface area contributed by atoms with Crippen LogP contribution in [0, 0.1) is 19.7 Å². The van der Waals surface area contributed by atoms with Gasteiger partial charge in [-0.25, -0.2) is 9.18 Å². The fourth-order valence-electron chi connectivity index (χ4n) is 4.76. The van der Waals surface area contributed by atoms with Crippen LogP contribution in [-0.4, -0.2) is 52.5 Å². The second kappa shape index (κ2) is 11.1. The van der Waals surface area contributed by atoms with E-state index < -0.39 is 0 Å². The second-order valence-corrected chi connectivity index (χ2v) is 10.3. The number of piperazine rings is 1. The van der Waals surface area contributed by atoms with Gasteiger partial charge in [0.1, 0.15) is 5.82 Å². The van der Waals surface area contributed by atoms with E-state index in [0.29, 0.717) is 42.5 Å². The van der Waals surface area contributed by atoms with Crippen molar-refractivity contribution in [3.63, 3.8) is 0 Å². The standard InChI is InChI=1S/C30H27Cl2FN4O2/c1-19-6-12-23(13-7-19)37-20(2)24(18-27(37)21-8-10-22(33)11-9-21)29(38)35-14-16-36(17-15-35)30(39)34-26-5-3-4-25(31)28(26)32/h3-13,18H,14-17H2,1-2H3,(H,34,39). The molecule has 0 atom stereocenters. The minimum Gasteiger partial charge on any atom is -0.335 e. The third kappa shape index (κ3) is 5.51. The van der Waals surface area contributed by atoms with Crippen molar-refractivity contribution >= 4 is 40.8 Å². The number of urea groups is 1. The molecule has 39 heavy (non-hydrogen) atoms. The number of rotatable bonds is 4. The quantitative estimate of drug-likeness (QED) is 0.285. The highest BCUT2D eigenvalue weighted by Crippen LogP contribution is 2.32. The molecule has 1 N–H and O–H groups in total. The van der Waals surface area contributed by atoms with E-state index in [1.807, 2.05) is 48.7 Å². The molecule has 9 heteroatoms. The van der Waals surface area contributed by atoms with Gasteiger partial charge in [-0.05, 0) is 74.0 Å². The number of amides is 3. The van der Waals surface area contributed by atoms with Crippen LogP contribution >= 0.6 is 23.2 Å². The first kappa shape index (κ1) is 26.8. The molecule has 1 aromatic heterocycles. The van der Waals surface area contributed by atoms with Gasteiger partial charge in [-0.15, -0.1) is 0 Å². The first-order valence-corrected chi connectivity index (χ1v) is 13.3. The summed E-state index contributed by atoms with van der Waals surface area (Å²) in [4.78, 5) is 29.9. The van der Waals surface area contributed by atoms with E-state index in [1.54, 1.807) is 40.1 Å². The number of hydrogen-bond acceptors (Lipinski definition) is 2. The number of carbonyl (C=O) groups is 2. The molecule has 5 rings (SSSR count). The molecule has 0 saturated carbocycles. The molecule has 0 bridgehead atoms. The zero-order chi connectivity index (χ0) is 27.7. The highest BCUT2D eigenvalue weighted by atomic mass is 35.5. The Hall–Kier alpha value is -3.81. The number of nitrogens with zero attached hydrogens (tertiary/aromatic N) is 3. The first-order valence-electron chi connectivity index (χ1n) is 12.6. The molecule has 1 aliphatic rings. The fraction of sp³-hybridized carbons (Fsp3) is 0.200. The van der Waals surface area contributed by atoms with Gasteiger partial charge in [0.05, 0.1) is 27.0 Å².